The minimum absolute atomic E-state index is 0.0966. The Kier molecular flexibility index (Phi) is 5.34. The lowest BCUT2D eigenvalue weighted by atomic mass is 10.0. The standard InChI is InChI=1S/C22H20F3N3O2/c1-30-20-7-2-14(10-19(20)29)12-28-9-8-16-11-26-21(27-18(16)13-28)15-3-5-17(6-4-15)22(23,24)25/h2-7,10-11,29H,8-9,12-13H2,1H3. The van der Waals surface area contributed by atoms with Crippen LogP contribution in [0.25, 0.3) is 11.4 Å². The first-order valence-corrected chi connectivity index (χ1v) is 9.44. The lowest BCUT2D eigenvalue weighted by Gasteiger charge is -2.28. The predicted octanol–water partition coefficient (Wildman–Crippen LogP) is 4.43. The number of rotatable bonds is 4. The highest BCUT2D eigenvalue weighted by molar-refractivity contribution is 5.56. The molecule has 30 heavy (non-hydrogen) atoms. The fraction of sp³-hybridized carbons (Fsp3) is 0.273. The van der Waals surface area contributed by atoms with Crippen LogP contribution in [0.1, 0.15) is 22.4 Å². The van der Waals surface area contributed by atoms with Gasteiger partial charge in [0.15, 0.2) is 17.3 Å². The molecule has 0 bridgehead atoms. The first-order chi connectivity index (χ1) is 14.3. The predicted molar refractivity (Wildman–Crippen MR) is 105 cm³/mol. The first kappa shape index (κ1) is 20.2. The maximum absolute atomic E-state index is 12.8. The van der Waals surface area contributed by atoms with Gasteiger partial charge in [0.2, 0.25) is 0 Å². The minimum Gasteiger partial charge on any atom is -0.504 e. The molecule has 0 aliphatic carbocycles. The van der Waals surface area contributed by atoms with Crippen molar-refractivity contribution in [1.29, 1.82) is 0 Å². The monoisotopic (exact) mass is 415 g/mol. The van der Waals surface area contributed by atoms with Crippen molar-refractivity contribution in [2.75, 3.05) is 13.7 Å². The summed E-state index contributed by atoms with van der Waals surface area (Å²) in [4.78, 5) is 11.1. The molecule has 0 unspecified atom stereocenters. The molecule has 4 rings (SSSR count). The molecule has 1 N–H and O–H groups in total. The summed E-state index contributed by atoms with van der Waals surface area (Å²) in [6.45, 7) is 2.05. The highest BCUT2D eigenvalue weighted by Gasteiger charge is 2.30. The van der Waals surface area contributed by atoms with Gasteiger partial charge in [-0.05, 0) is 41.8 Å². The van der Waals surface area contributed by atoms with Crippen molar-refractivity contribution < 1.29 is 23.0 Å². The second-order valence-corrected chi connectivity index (χ2v) is 7.21. The van der Waals surface area contributed by atoms with Gasteiger partial charge in [0.25, 0.3) is 0 Å². The van der Waals surface area contributed by atoms with Gasteiger partial charge in [0.05, 0.1) is 18.4 Å². The highest BCUT2D eigenvalue weighted by atomic mass is 19.4. The molecule has 0 saturated carbocycles. The molecule has 0 radical (unpaired) electrons. The molecule has 0 atom stereocenters. The number of halogens is 3. The second-order valence-electron chi connectivity index (χ2n) is 7.21. The molecular formula is C22H20F3N3O2. The maximum atomic E-state index is 12.8. The molecule has 2 heterocycles. The molecule has 1 aliphatic rings. The van der Waals surface area contributed by atoms with Crippen molar-refractivity contribution in [1.82, 2.24) is 14.9 Å². The van der Waals surface area contributed by atoms with E-state index in [1.807, 2.05) is 6.07 Å². The summed E-state index contributed by atoms with van der Waals surface area (Å²) in [6, 6.07) is 10.2. The van der Waals surface area contributed by atoms with Crippen LogP contribution in [-0.2, 0) is 25.7 Å². The van der Waals surface area contributed by atoms with Crippen molar-refractivity contribution in [3.8, 4) is 22.9 Å². The number of methoxy groups -OCH3 is 1. The van der Waals surface area contributed by atoms with Crippen LogP contribution in [-0.4, -0.2) is 33.6 Å². The molecule has 5 nitrogen and oxygen atoms in total. The van der Waals surface area contributed by atoms with Crippen LogP contribution in [0, 0.1) is 0 Å². The number of ether oxygens (including phenoxy) is 1. The summed E-state index contributed by atoms with van der Waals surface area (Å²) >= 11 is 0. The van der Waals surface area contributed by atoms with Gasteiger partial charge < -0.3 is 9.84 Å². The van der Waals surface area contributed by atoms with E-state index in [2.05, 4.69) is 14.9 Å². The zero-order valence-corrected chi connectivity index (χ0v) is 16.3. The van der Waals surface area contributed by atoms with Gasteiger partial charge >= 0.3 is 6.18 Å². The normalized spacial score (nSPS) is 14.4. The Morgan fingerprint density at radius 2 is 1.90 bits per heavy atom. The Labute approximate surface area is 171 Å². The van der Waals surface area contributed by atoms with Gasteiger partial charge in [-0.15, -0.1) is 0 Å². The zero-order chi connectivity index (χ0) is 21.3. The van der Waals surface area contributed by atoms with E-state index in [-0.39, 0.29) is 5.75 Å². The summed E-state index contributed by atoms with van der Waals surface area (Å²) in [5, 5.41) is 9.98. The molecule has 0 spiro atoms. The molecule has 3 aromatic rings. The number of aromatic nitrogens is 2. The van der Waals surface area contributed by atoms with E-state index in [4.69, 9.17) is 4.74 Å². The second kappa shape index (κ2) is 7.95. The Bertz CT molecular complexity index is 1050. The molecule has 8 heteroatoms. The lowest BCUT2D eigenvalue weighted by molar-refractivity contribution is -0.137. The van der Waals surface area contributed by atoms with Crippen molar-refractivity contribution in [3.05, 3.63) is 71.0 Å². The molecule has 0 fully saturated rings. The zero-order valence-electron chi connectivity index (χ0n) is 16.3. The van der Waals surface area contributed by atoms with Crippen LogP contribution in [0.5, 0.6) is 11.5 Å². The number of hydrogen-bond acceptors (Lipinski definition) is 5. The number of nitrogens with zero attached hydrogens (tertiary/aromatic N) is 3. The van der Waals surface area contributed by atoms with Gasteiger partial charge in [-0.1, -0.05) is 18.2 Å². The van der Waals surface area contributed by atoms with Gasteiger partial charge in [-0.2, -0.15) is 13.2 Å². The van der Waals surface area contributed by atoms with Crippen molar-refractivity contribution in [3.63, 3.8) is 0 Å². The summed E-state index contributed by atoms with van der Waals surface area (Å²) in [6.07, 6.45) is -1.83. The summed E-state index contributed by atoms with van der Waals surface area (Å²) in [7, 11) is 1.50. The van der Waals surface area contributed by atoms with Gasteiger partial charge in [-0.3, -0.25) is 4.90 Å². The van der Waals surface area contributed by atoms with E-state index in [1.165, 1.54) is 19.2 Å². The van der Waals surface area contributed by atoms with E-state index in [1.54, 1.807) is 18.3 Å². The Morgan fingerprint density at radius 1 is 1.13 bits per heavy atom. The third kappa shape index (κ3) is 4.23. The van der Waals surface area contributed by atoms with E-state index in [0.29, 0.717) is 30.2 Å². The summed E-state index contributed by atoms with van der Waals surface area (Å²) in [5.41, 5.74) is 2.71. The Morgan fingerprint density at radius 3 is 2.57 bits per heavy atom. The number of alkyl halides is 3. The average molecular weight is 415 g/mol. The lowest BCUT2D eigenvalue weighted by Crippen LogP contribution is -2.31. The van der Waals surface area contributed by atoms with Crippen molar-refractivity contribution in [2.45, 2.75) is 25.7 Å². The van der Waals surface area contributed by atoms with Crippen LogP contribution in [0.15, 0.2) is 48.7 Å². The van der Waals surface area contributed by atoms with Crippen LogP contribution in [0.3, 0.4) is 0 Å². The molecule has 156 valence electrons. The number of aromatic hydroxyl groups is 1. The van der Waals surface area contributed by atoms with E-state index in [0.717, 1.165) is 41.9 Å². The van der Waals surface area contributed by atoms with Gasteiger partial charge in [0.1, 0.15) is 0 Å². The topological polar surface area (TPSA) is 58.5 Å². The van der Waals surface area contributed by atoms with Gasteiger partial charge in [0, 0.05) is 31.4 Å². The first-order valence-electron chi connectivity index (χ1n) is 9.44. The van der Waals surface area contributed by atoms with E-state index < -0.39 is 11.7 Å². The molecule has 0 amide bonds. The molecule has 0 saturated heterocycles. The third-order valence-electron chi connectivity index (χ3n) is 5.14. The number of fused-ring (bicyclic) bond motifs is 1. The van der Waals surface area contributed by atoms with Crippen LogP contribution in [0.2, 0.25) is 0 Å². The van der Waals surface area contributed by atoms with Crippen LogP contribution < -0.4 is 4.74 Å². The quantitative estimate of drug-likeness (QED) is 0.683. The van der Waals surface area contributed by atoms with Crippen LogP contribution in [0.4, 0.5) is 13.2 Å². The van der Waals surface area contributed by atoms with Crippen molar-refractivity contribution >= 4 is 0 Å². The third-order valence-corrected chi connectivity index (χ3v) is 5.14. The fourth-order valence-electron chi connectivity index (χ4n) is 3.53. The molecule has 2 aromatic carbocycles. The average Bonchev–Trinajstić information content (AvgIpc) is 2.73. The molecule has 1 aromatic heterocycles. The Hall–Kier alpha value is -3.13. The fourth-order valence-corrected chi connectivity index (χ4v) is 3.53. The SMILES string of the molecule is COc1ccc(CN2CCc3cnc(-c4ccc(C(F)(F)F)cc4)nc3C2)cc1O. The van der Waals surface area contributed by atoms with Gasteiger partial charge in [-0.25, -0.2) is 9.97 Å². The van der Waals surface area contributed by atoms with Crippen LogP contribution >= 0.6 is 0 Å². The van der Waals surface area contributed by atoms with E-state index >= 15 is 0 Å². The van der Waals surface area contributed by atoms with E-state index in [9.17, 15) is 18.3 Å². The number of phenols is 1. The minimum atomic E-state index is -4.37. The highest BCUT2D eigenvalue weighted by Crippen LogP contribution is 2.31. The molecular weight excluding hydrogens is 395 g/mol. The number of benzene rings is 2. The smallest absolute Gasteiger partial charge is 0.416 e. The maximum Gasteiger partial charge on any atom is 0.416 e. The number of hydrogen-bond donors (Lipinski definition) is 1. The Balaban J connectivity index is 1.51. The molecule has 1 aliphatic heterocycles. The number of phenolic OH excluding ortho intramolecular Hbond substituents is 1. The van der Waals surface area contributed by atoms with Crippen molar-refractivity contribution in [2.24, 2.45) is 0 Å². The summed E-state index contributed by atoms with van der Waals surface area (Å²) in [5.74, 6) is 0.933. The summed E-state index contributed by atoms with van der Waals surface area (Å²) < 4.78 is 43.4. The largest absolute Gasteiger partial charge is 0.504 e.